The summed E-state index contributed by atoms with van der Waals surface area (Å²) in [7, 11) is 0. The second-order valence-corrected chi connectivity index (χ2v) is 7.57. The molecular formula is C21H24O3. The van der Waals surface area contributed by atoms with E-state index in [4.69, 9.17) is 0 Å². The van der Waals surface area contributed by atoms with Gasteiger partial charge in [-0.2, -0.15) is 0 Å². The number of hydrogen-bond donors (Lipinski definition) is 3. The van der Waals surface area contributed by atoms with E-state index in [1.54, 1.807) is 18.2 Å². The molecule has 24 heavy (non-hydrogen) atoms. The van der Waals surface area contributed by atoms with Crippen molar-refractivity contribution in [1.82, 2.24) is 0 Å². The van der Waals surface area contributed by atoms with Gasteiger partial charge in [-0.25, -0.2) is 0 Å². The predicted octanol–water partition coefficient (Wildman–Crippen LogP) is 3.82. The number of phenols is 2. The van der Waals surface area contributed by atoms with Crippen LogP contribution < -0.4 is 0 Å². The lowest BCUT2D eigenvalue weighted by Gasteiger charge is -2.40. The highest BCUT2D eigenvalue weighted by Crippen LogP contribution is 2.59. The zero-order chi connectivity index (χ0) is 16.9. The van der Waals surface area contributed by atoms with Gasteiger partial charge in [-0.05, 0) is 72.2 Å². The second-order valence-electron chi connectivity index (χ2n) is 7.57. The van der Waals surface area contributed by atoms with Gasteiger partial charge in [-0.15, -0.1) is 0 Å². The van der Waals surface area contributed by atoms with E-state index in [1.807, 2.05) is 18.2 Å². The van der Waals surface area contributed by atoms with Crippen LogP contribution in [-0.2, 0) is 24.9 Å². The third-order valence-corrected chi connectivity index (χ3v) is 6.08. The van der Waals surface area contributed by atoms with Gasteiger partial charge in [0.25, 0.3) is 0 Å². The molecule has 1 spiro atoms. The maximum atomic E-state index is 11.8. The van der Waals surface area contributed by atoms with Crippen LogP contribution >= 0.6 is 0 Å². The lowest BCUT2D eigenvalue weighted by atomic mass is 9.68. The third-order valence-electron chi connectivity index (χ3n) is 6.08. The lowest BCUT2D eigenvalue weighted by Crippen LogP contribution is -2.43. The van der Waals surface area contributed by atoms with Crippen molar-refractivity contribution >= 4 is 0 Å². The highest BCUT2D eigenvalue weighted by molar-refractivity contribution is 5.50. The maximum Gasteiger partial charge on any atom is 0.115 e. The Labute approximate surface area is 142 Å². The van der Waals surface area contributed by atoms with Gasteiger partial charge in [0.2, 0.25) is 0 Å². The van der Waals surface area contributed by atoms with Gasteiger partial charge >= 0.3 is 0 Å². The smallest absolute Gasteiger partial charge is 0.115 e. The first-order valence-electron chi connectivity index (χ1n) is 8.83. The summed E-state index contributed by atoms with van der Waals surface area (Å²) < 4.78 is 0. The molecule has 0 aromatic heterocycles. The molecule has 0 aliphatic heterocycles. The van der Waals surface area contributed by atoms with Crippen molar-refractivity contribution < 1.29 is 15.3 Å². The minimum Gasteiger partial charge on any atom is -0.508 e. The van der Waals surface area contributed by atoms with Gasteiger partial charge in [0, 0.05) is 5.41 Å². The summed E-state index contributed by atoms with van der Waals surface area (Å²) in [5, 5.41) is 31.6. The highest BCUT2D eigenvalue weighted by Gasteiger charge is 2.58. The Balaban J connectivity index is 1.81. The molecule has 0 saturated carbocycles. The van der Waals surface area contributed by atoms with Crippen molar-refractivity contribution in [3.63, 3.8) is 0 Å². The highest BCUT2D eigenvalue weighted by atomic mass is 16.3. The van der Waals surface area contributed by atoms with Crippen LogP contribution in [0.3, 0.4) is 0 Å². The summed E-state index contributed by atoms with van der Waals surface area (Å²) in [6.07, 6.45) is 5.10. The van der Waals surface area contributed by atoms with E-state index in [-0.39, 0.29) is 16.9 Å². The molecule has 2 aromatic rings. The van der Waals surface area contributed by atoms with Crippen molar-refractivity contribution in [2.75, 3.05) is 0 Å². The van der Waals surface area contributed by atoms with Gasteiger partial charge in [-0.1, -0.05) is 31.9 Å². The minimum atomic E-state index is -0.925. The Hall–Kier alpha value is -2.00. The Morgan fingerprint density at radius 3 is 2.25 bits per heavy atom. The molecule has 126 valence electrons. The molecule has 2 atom stereocenters. The first kappa shape index (κ1) is 15.5. The van der Waals surface area contributed by atoms with E-state index in [0.29, 0.717) is 6.42 Å². The number of fused-ring (bicyclic) bond motifs is 2. The molecule has 3 nitrogen and oxygen atoms in total. The van der Waals surface area contributed by atoms with Crippen LogP contribution in [0.4, 0.5) is 0 Å². The molecule has 3 N–H and O–H groups in total. The summed E-state index contributed by atoms with van der Waals surface area (Å²) in [5.41, 5.74) is 3.21. The standard InChI is InChI=1S/C21H24O3/c1-2-3-8-21(24)19-10-18(23)7-5-15(19)12-20(21)11-14-4-6-17(22)9-16(14)13-20/h4-7,9-10,22-24H,2-3,8,11-13H2,1H3. The lowest BCUT2D eigenvalue weighted by molar-refractivity contribution is -0.0821. The van der Waals surface area contributed by atoms with Crippen LogP contribution in [0.25, 0.3) is 0 Å². The molecule has 0 heterocycles. The average Bonchev–Trinajstić information content (AvgIpc) is 3.02. The first-order chi connectivity index (χ1) is 11.5. The molecule has 0 fully saturated rings. The summed E-state index contributed by atoms with van der Waals surface area (Å²) in [5.74, 6) is 0.505. The normalized spacial score (nSPS) is 27.4. The van der Waals surface area contributed by atoms with Gasteiger partial charge in [0.05, 0.1) is 5.60 Å². The summed E-state index contributed by atoms with van der Waals surface area (Å²) in [6, 6.07) is 11.0. The first-order valence-corrected chi connectivity index (χ1v) is 8.83. The quantitative estimate of drug-likeness (QED) is 0.804. The van der Waals surface area contributed by atoms with Crippen molar-refractivity contribution in [3.05, 3.63) is 58.7 Å². The van der Waals surface area contributed by atoms with Crippen molar-refractivity contribution in [2.24, 2.45) is 5.41 Å². The zero-order valence-corrected chi connectivity index (χ0v) is 14.0. The van der Waals surface area contributed by atoms with Gasteiger partial charge < -0.3 is 15.3 Å². The van der Waals surface area contributed by atoms with Crippen molar-refractivity contribution in [1.29, 1.82) is 0 Å². The molecular weight excluding hydrogens is 300 g/mol. The molecule has 0 saturated heterocycles. The van der Waals surface area contributed by atoms with E-state index in [0.717, 1.165) is 48.8 Å². The van der Waals surface area contributed by atoms with Crippen LogP contribution in [0.2, 0.25) is 0 Å². The summed E-state index contributed by atoms with van der Waals surface area (Å²) in [4.78, 5) is 0. The van der Waals surface area contributed by atoms with E-state index in [2.05, 4.69) is 6.92 Å². The van der Waals surface area contributed by atoms with Gasteiger partial charge in [-0.3, -0.25) is 0 Å². The fraction of sp³-hybridized carbons (Fsp3) is 0.429. The molecule has 4 rings (SSSR count). The van der Waals surface area contributed by atoms with E-state index in [9.17, 15) is 15.3 Å². The Kier molecular flexibility index (Phi) is 3.40. The average molecular weight is 324 g/mol. The monoisotopic (exact) mass is 324 g/mol. The topological polar surface area (TPSA) is 60.7 Å². The summed E-state index contributed by atoms with van der Waals surface area (Å²) >= 11 is 0. The van der Waals surface area contributed by atoms with E-state index >= 15 is 0 Å². The van der Waals surface area contributed by atoms with Crippen molar-refractivity contribution in [3.8, 4) is 11.5 Å². The number of phenolic OH excluding ortho intramolecular Hbond substituents is 2. The largest absolute Gasteiger partial charge is 0.508 e. The van der Waals surface area contributed by atoms with Crippen LogP contribution in [0.1, 0.15) is 48.4 Å². The van der Waals surface area contributed by atoms with Crippen molar-refractivity contribution in [2.45, 2.75) is 51.0 Å². The molecule has 0 bridgehead atoms. The van der Waals surface area contributed by atoms with E-state index in [1.165, 1.54) is 5.56 Å². The molecule has 2 aliphatic rings. The van der Waals surface area contributed by atoms with Crippen LogP contribution in [-0.4, -0.2) is 15.3 Å². The fourth-order valence-corrected chi connectivity index (χ4v) is 4.89. The molecule has 0 radical (unpaired) electrons. The van der Waals surface area contributed by atoms with Crippen LogP contribution in [0.15, 0.2) is 36.4 Å². The Bertz CT molecular complexity index is 794. The Morgan fingerprint density at radius 2 is 1.50 bits per heavy atom. The number of aliphatic hydroxyl groups is 1. The predicted molar refractivity (Wildman–Crippen MR) is 93.2 cm³/mol. The van der Waals surface area contributed by atoms with E-state index < -0.39 is 5.60 Å². The molecule has 2 aliphatic carbocycles. The maximum absolute atomic E-state index is 11.8. The Morgan fingerprint density at radius 1 is 0.875 bits per heavy atom. The van der Waals surface area contributed by atoms with Crippen LogP contribution in [0.5, 0.6) is 11.5 Å². The number of benzene rings is 2. The number of aromatic hydroxyl groups is 2. The van der Waals surface area contributed by atoms with Gasteiger partial charge in [0.15, 0.2) is 0 Å². The number of hydrogen-bond acceptors (Lipinski definition) is 3. The summed E-state index contributed by atoms with van der Waals surface area (Å²) in [6.45, 7) is 2.13. The molecule has 0 amide bonds. The number of rotatable bonds is 3. The molecule has 2 aromatic carbocycles. The molecule has 2 unspecified atom stereocenters. The SMILES string of the molecule is CCCCC1(O)c2cc(O)ccc2CC12Cc1ccc(O)cc1C2. The zero-order valence-electron chi connectivity index (χ0n) is 14.0. The third kappa shape index (κ3) is 2.07. The second kappa shape index (κ2) is 5.25. The minimum absolute atomic E-state index is 0.217. The number of unbranched alkanes of at least 4 members (excludes halogenated alkanes) is 1. The molecule has 3 heteroatoms. The van der Waals surface area contributed by atoms with Gasteiger partial charge in [0.1, 0.15) is 11.5 Å². The fourth-order valence-electron chi connectivity index (χ4n) is 4.89. The van der Waals surface area contributed by atoms with Crippen LogP contribution in [0, 0.1) is 5.41 Å².